The highest BCUT2D eigenvalue weighted by Gasteiger charge is 2.29. The lowest BCUT2D eigenvalue weighted by Crippen LogP contribution is -2.31. The summed E-state index contributed by atoms with van der Waals surface area (Å²) in [6.45, 7) is 1.96. The van der Waals surface area contributed by atoms with Gasteiger partial charge < -0.3 is 10.6 Å². The molecule has 0 saturated carbocycles. The van der Waals surface area contributed by atoms with Crippen molar-refractivity contribution in [3.63, 3.8) is 0 Å². The number of benzene rings is 1. The Bertz CT molecular complexity index is 835. The fourth-order valence-electron chi connectivity index (χ4n) is 2.62. The summed E-state index contributed by atoms with van der Waals surface area (Å²) in [4.78, 5) is 33.4. The summed E-state index contributed by atoms with van der Waals surface area (Å²) in [5.41, 5.74) is 1.01. The van der Waals surface area contributed by atoms with Crippen LogP contribution in [0, 0.1) is 5.92 Å². The van der Waals surface area contributed by atoms with E-state index in [1.54, 1.807) is 23.2 Å². The summed E-state index contributed by atoms with van der Waals surface area (Å²) in [5, 5.41) is 10.2. The first kappa shape index (κ1) is 18.2. The lowest BCUT2D eigenvalue weighted by Gasteiger charge is -2.22. The van der Waals surface area contributed by atoms with Crippen LogP contribution in [0.15, 0.2) is 53.5 Å². The number of anilines is 2. The van der Waals surface area contributed by atoms with Crippen LogP contribution in [0.5, 0.6) is 0 Å². The zero-order valence-corrected chi connectivity index (χ0v) is 15.7. The van der Waals surface area contributed by atoms with Gasteiger partial charge in [-0.05, 0) is 11.5 Å². The Morgan fingerprint density at radius 1 is 1.00 bits per heavy atom. The van der Waals surface area contributed by atoms with Crippen molar-refractivity contribution in [1.29, 1.82) is 0 Å². The topological polar surface area (TPSA) is 84.0 Å². The average molecular weight is 387 g/mol. The maximum Gasteiger partial charge on any atom is 0.230 e. The number of nitrogens with zero attached hydrogens (tertiary/aromatic N) is 2. The lowest BCUT2D eigenvalue weighted by molar-refractivity contribution is -0.125. The minimum Gasteiger partial charge on any atom is -0.302 e. The average Bonchev–Trinajstić information content (AvgIpc) is 3.34. The van der Waals surface area contributed by atoms with Crippen LogP contribution in [0.25, 0.3) is 0 Å². The molecule has 134 valence electrons. The first-order valence-corrected chi connectivity index (χ1v) is 9.84. The van der Waals surface area contributed by atoms with E-state index in [0.717, 1.165) is 5.56 Å². The van der Waals surface area contributed by atoms with Crippen molar-refractivity contribution < 1.29 is 9.59 Å². The van der Waals surface area contributed by atoms with Gasteiger partial charge in [-0.3, -0.25) is 9.59 Å². The number of hydrogen-bond acceptors (Lipinski definition) is 6. The number of aromatic nitrogens is 2. The van der Waals surface area contributed by atoms with E-state index in [2.05, 4.69) is 20.6 Å². The second-order valence-corrected chi connectivity index (χ2v) is 7.51. The molecular formula is C18H18N4O2S2. The van der Waals surface area contributed by atoms with Crippen LogP contribution in [0.3, 0.4) is 0 Å². The van der Waals surface area contributed by atoms with Crippen molar-refractivity contribution in [2.45, 2.75) is 19.3 Å². The van der Waals surface area contributed by atoms with Gasteiger partial charge in [0.25, 0.3) is 0 Å². The van der Waals surface area contributed by atoms with E-state index in [-0.39, 0.29) is 24.2 Å². The Kier molecular flexibility index (Phi) is 6.08. The standard InChI is InChI=1S/C18H18N4O2S2/c1-12(13-5-3-2-4-6-13)14(16(24)22-18-20-8-10-26-18)11-15(23)21-17-19-7-9-25-17/h2-10,12,14H,11H2,1H3,(H,19,21,23)(H,20,22,24)/t12-,14-/m1/s1. The minimum atomic E-state index is -0.527. The molecule has 0 aliphatic carbocycles. The van der Waals surface area contributed by atoms with Crippen LogP contribution in [-0.2, 0) is 9.59 Å². The predicted molar refractivity (Wildman–Crippen MR) is 104 cm³/mol. The molecule has 0 bridgehead atoms. The molecule has 2 heterocycles. The Hall–Kier alpha value is -2.58. The molecule has 0 unspecified atom stereocenters. The largest absolute Gasteiger partial charge is 0.302 e. The zero-order chi connectivity index (χ0) is 18.4. The molecule has 2 N–H and O–H groups in total. The van der Waals surface area contributed by atoms with Crippen LogP contribution >= 0.6 is 22.7 Å². The van der Waals surface area contributed by atoms with E-state index in [1.807, 2.05) is 37.3 Å². The summed E-state index contributed by atoms with van der Waals surface area (Å²) in [7, 11) is 0. The smallest absolute Gasteiger partial charge is 0.230 e. The molecule has 0 aliphatic heterocycles. The maximum atomic E-state index is 12.8. The summed E-state index contributed by atoms with van der Waals surface area (Å²) in [5.74, 6) is -1.10. The van der Waals surface area contributed by atoms with Crippen molar-refractivity contribution in [1.82, 2.24) is 9.97 Å². The van der Waals surface area contributed by atoms with E-state index in [1.165, 1.54) is 22.7 Å². The molecule has 2 atom stereocenters. The number of hydrogen-bond donors (Lipinski definition) is 2. The number of carbonyl (C=O) groups is 2. The van der Waals surface area contributed by atoms with Gasteiger partial charge in [0, 0.05) is 29.6 Å². The van der Waals surface area contributed by atoms with Gasteiger partial charge in [-0.15, -0.1) is 22.7 Å². The van der Waals surface area contributed by atoms with Crippen molar-refractivity contribution in [2.24, 2.45) is 5.92 Å². The van der Waals surface area contributed by atoms with E-state index in [9.17, 15) is 9.59 Å². The zero-order valence-electron chi connectivity index (χ0n) is 14.1. The Balaban J connectivity index is 1.76. The van der Waals surface area contributed by atoms with Gasteiger partial charge in [-0.2, -0.15) is 0 Å². The van der Waals surface area contributed by atoms with Gasteiger partial charge in [0.15, 0.2) is 10.3 Å². The summed E-state index contributed by atoms with van der Waals surface area (Å²) in [6.07, 6.45) is 3.32. The fraction of sp³-hybridized carbons (Fsp3) is 0.222. The quantitative estimate of drug-likeness (QED) is 0.643. The van der Waals surface area contributed by atoms with Gasteiger partial charge in [-0.25, -0.2) is 9.97 Å². The van der Waals surface area contributed by atoms with Gasteiger partial charge in [0.1, 0.15) is 0 Å². The predicted octanol–water partition coefficient (Wildman–Crippen LogP) is 3.99. The highest BCUT2D eigenvalue weighted by atomic mass is 32.1. The van der Waals surface area contributed by atoms with Gasteiger partial charge in [-0.1, -0.05) is 37.3 Å². The highest BCUT2D eigenvalue weighted by Crippen LogP contribution is 2.29. The summed E-state index contributed by atoms with van der Waals surface area (Å²) < 4.78 is 0. The number of amides is 2. The van der Waals surface area contributed by atoms with Gasteiger partial charge in [0.2, 0.25) is 11.8 Å². The number of carbonyl (C=O) groups excluding carboxylic acids is 2. The maximum absolute atomic E-state index is 12.8. The molecule has 1 aromatic carbocycles. The van der Waals surface area contributed by atoms with Crippen LogP contribution in [0.1, 0.15) is 24.8 Å². The minimum absolute atomic E-state index is 0.0624. The molecule has 2 amide bonds. The second kappa shape index (κ2) is 8.68. The van der Waals surface area contributed by atoms with Crippen molar-refractivity contribution in [3.05, 3.63) is 59.0 Å². The van der Waals surface area contributed by atoms with E-state index < -0.39 is 5.92 Å². The first-order chi connectivity index (χ1) is 12.6. The molecule has 0 aliphatic rings. The Morgan fingerprint density at radius 2 is 1.62 bits per heavy atom. The van der Waals surface area contributed by atoms with Crippen LogP contribution in [-0.4, -0.2) is 21.8 Å². The molecule has 0 spiro atoms. The highest BCUT2D eigenvalue weighted by molar-refractivity contribution is 7.14. The Labute approximate surface area is 159 Å². The lowest BCUT2D eigenvalue weighted by atomic mass is 9.84. The Morgan fingerprint density at radius 3 is 2.19 bits per heavy atom. The van der Waals surface area contributed by atoms with Crippen LogP contribution in [0.4, 0.5) is 10.3 Å². The molecule has 8 heteroatoms. The summed E-state index contributed by atoms with van der Waals surface area (Å²) in [6, 6.07) is 9.71. The van der Waals surface area contributed by atoms with Crippen LogP contribution in [0.2, 0.25) is 0 Å². The molecule has 26 heavy (non-hydrogen) atoms. The third kappa shape index (κ3) is 4.74. The monoisotopic (exact) mass is 386 g/mol. The molecule has 0 radical (unpaired) electrons. The SMILES string of the molecule is C[C@H](c1ccccc1)[C@@H](CC(=O)Nc1nccs1)C(=O)Nc1nccs1. The summed E-state index contributed by atoms with van der Waals surface area (Å²) >= 11 is 2.69. The molecular weight excluding hydrogens is 368 g/mol. The van der Waals surface area contributed by atoms with Crippen LogP contribution < -0.4 is 10.6 Å². The van der Waals surface area contributed by atoms with Crippen molar-refractivity contribution in [3.8, 4) is 0 Å². The molecule has 6 nitrogen and oxygen atoms in total. The van der Waals surface area contributed by atoms with E-state index >= 15 is 0 Å². The molecule has 0 fully saturated rings. The van der Waals surface area contributed by atoms with Crippen molar-refractivity contribution in [2.75, 3.05) is 10.6 Å². The molecule has 0 saturated heterocycles. The van der Waals surface area contributed by atoms with E-state index in [0.29, 0.717) is 10.3 Å². The fourth-order valence-corrected chi connectivity index (χ4v) is 3.70. The van der Waals surface area contributed by atoms with Gasteiger partial charge in [0.05, 0.1) is 5.92 Å². The molecule has 3 rings (SSSR count). The normalized spacial score (nSPS) is 13.0. The van der Waals surface area contributed by atoms with Gasteiger partial charge >= 0.3 is 0 Å². The number of rotatable bonds is 7. The van der Waals surface area contributed by atoms with Crippen molar-refractivity contribution >= 4 is 44.8 Å². The third-order valence-electron chi connectivity index (χ3n) is 4.01. The molecule has 2 aromatic heterocycles. The molecule has 3 aromatic rings. The first-order valence-electron chi connectivity index (χ1n) is 8.08. The third-order valence-corrected chi connectivity index (χ3v) is 5.39. The van der Waals surface area contributed by atoms with E-state index in [4.69, 9.17) is 0 Å². The number of thiazole rings is 2. The number of nitrogens with one attached hydrogen (secondary N) is 2. The second-order valence-electron chi connectivity index (χ2n) is 5.72.